The molecule has 0 saturated carbocycles. The van der Waals surface area contributed by atoms with Gasteiger partial charge in [0.1, 0.15) is 0 Å². The number of hydrogen-bond acceptors (Lipinski definition) is 4. The maximum atomic E-state index is 11.7. The molecule has 1 aliphatic heterocycles. The number of piperidine rings is 1. The Hall–Kier alpha value is -1.85. The van der Waals surface area contributed by atoms with Gasteiger partial charge >= 0.3 is 0 Å². The van der Waals surface area contributed by atoms with E-state index >= 15 is 0 Å². The normalized spacial score (nSPS) is 16.1. The Morgan fingerprint density at radius 3 is 2.83 bits per heavy atom. The van der Waals surface area contributed by atoms with Crippen LogP contribution < -0.4 is 10.6 Å². The summed E-state index contributed by atoms with van der Waals surface area (Å²) in [5, 5.41) is 15.9. The number of anilines is 1. The van der Waals surface area contributed by atoms with Crippen molar-refractivity contribution >= 4 is 11.6 Å². The Labute approximate surface area is 138 Å². The molecular weight excluding hydrogens is 290 g/mol. The molecule has 5 heteroatoms. The van der Waals surface area contributed by atoms with E-state index in [1.54, 1.807) is 6.08 Å². The lowest BCUT2D eigenvalue weighted by atomic mass is 10.0. The van der Waals surface area contributed by atoms with E-state index in [2.05, 4.69) is 35.1 Å². The minimum Gasteiger partial charge on any atom is -0.392 e. The van der Waals surface area contributed by atoms with E-state index in [1.165, 1.54) is 0 Å². The van der Waals surface area contributed by atoms with Crippen molar-refractivity contribution in [2.45, 2.75) is 32.4 Å². The largest absolute Gasteiger partial charge is 0.392 e. The first-order chi connectivity index (χ1) is 11.1. The molecule has 0 atom stereocenters. The van der Waals surface area contributed by atoms with Crippen molar-refractivity contribution in [1.82, 2.24) is 10.2 Å². The van der Waals surface area contributed by atoms with Crippen LogP contribution in [-0.4, -0.2) is 48.1 Å². The third-order valence-electron chi connectivity index (χ3n) is 4.28. The summed E-state index contributed by atoms with van der Waals surface area (Å²) in [6, 6.07) is 6.36. The van der Waals surface area contributed by atoms with Gasteiger partial charge in [-0.25, -0.2) is 0 Å². The number of hydrogen-bond donors (Lipinski definition) is 3. The van der Waals surface area contributed by atoms with Gasteiger partial charge in [0.15, 0.2) is 0 Å². The van der Waals surface area contributed by atoms with Gasteiger partial charge in [0.2, 0.25) is 5.91 Å². The molecule has 2 rings (SSSR count). The second kappa shape index (κ2) is 8.70. The van der Waals surface area contributed by atoms with Crippen LogP contribution in [0.2, 0.25) is 0 Å². The van der Waals surface area contributed by atoms with E-state index in [1.807, 2.05) is 12.1 Å². The number of aryl methyl sites for hydroxylation is 1. The number of para-hydroxylation sites is 1. The third kappa shape index (κ3) is 5.08. The number of aliphatic hydroxyl groups excluding tert-OH is 1. The number of carbonyl (C=O) groups is 1. The molecule has 126 valence electrons. The Bertz CT molecular complexity index is 537. The zero-order valence-electron chi connectivity index (χ0n) is 13.8. The molecule has 1 saturated heterocycles. The van der Waals surface area contributed by atoms with Crippen molar-refractivity contribution in [2.24, 2.45) is 0 Å². The number of nitrogens with zero attached hydrogens (tertiary/aromatic N) is 1. The maximum Gasteiger partial charge on any atom is 0.234 e. The summed E-state index contributed by atoms with van der Waals surface area (Å²) in [4.78, 5) is 13.9. The first-order valence-electron chi connectivity index (χ1n) is 8.20. The summed E-state index contributed by atoms with van der Waals surface area (Å²) in [5.74, 6) is 0.0535. The molecule has 1 heterocycles. The number of amides is 1. The number of aliphatic hydroxyl groups is 1. The van der Waals surface area contributed by atoms with Crippen LogP contribution in [0.25, 0.3) is 0 Å². The van der Waals surface area contributed by atoms with E-state index < -0.39 is 0 Å². The van der Waals surface area contributed by atoms with Crippen LogP contribution >= 0.6 is 0 Å². The van der Waals surface area contributed by atoms with Crippen molar-refractivity contribution < 1.29 is 9.90 Å². The van der Waals surface area contributed by atoms with Crippen LogP contribution in [0.15, 0.2) is 30.9 Å². The number of nitrogens with one attached hydrogen (secondary N) is 2. The second-order valence-electron chi connectivity index (χ2n) is 6.05. The van der Waals surface area contributed by atoms with E-state index in [0.29, 0.717) is 19.1 Å². The third-order valence-corrected chi connectivity index (χ3v) is 4.28. The molecule has 0 aliphatic carbocycles. The number of likely N-dealkylation sites (tertiary alicyclic amines) is 1. The van der Waals surface area contributed by atoms with Crippen molar-refractivity contribution in [3.8, 4) is 0 Å². The molecule has 1 amide bonds. The Kier molecular flexibility index (Phi) is 6.62. The quantitative estimate of drug-likeness (QED) is 0.669. The average molecular weight is 317 g/mol. The van der Waals surface area contributed by atoms with Crippen LogP contribution in [-0.2, 0) is 11.4 Å². The van der Waals surface area contributed by atoms with Gasteiger partial charge in [-0.2, -0.15) is 0 Å². The Morgan fingerprint density at radius 1 is 1.43 bits per heavy atom. The monoisotopic (exact) mass is 317 g/mol. The maximum absolute atomic E-state index is 11.7. The van der Waals surface area contributed by atoms with Gasteiger partial charge in [-0.3, -0.25) is 9.69 Å². The molecule has 0 aromatic heterocycles. The Balaban J connectivity index is 1.83. The van der Waals surface area contributed by atoms with E-state index in [9.17, 15) is 9.90 Å². The van der Waals surface area contributed by atoms with Crippen LogP contribution in [0, 0.1) is 6.92 Å². The van der Waals surface area contributed by atoms with Gasteiger partial charge in [-0.15, -0.1) is 6.58 Å². The van der Waals surface area contributed by atoms with Crippen molar-refractivity contribution in [2.75, 3.05) is 31.5 Å². The minimum absolute atomic E-state index is 0.0479. The molecule has 1 aliphatic rings. The summed E-state index contributed by atoms with van der Waals surface area (Å²) >= 11 is 0. The number of carbonyl (C=O) groups excluding carboxylic acids is 1. The van der Waals surface area contributed by atoms with Gasteiger partial charge in [0.25, 0.3) is 0 Å². The highest BCUT2D eigenvalue weighted by molar-refractivity contribution is 5.78. The predicted molar refractivity (Wildman–Crippen MR) is 93.4 cm³/mol. The lowest BCUT2D eigenvalue weighted by Crippen LogP contribution is -2.44. The molecule has 0 unspecified atom stereocenters. The second-order valence-corrected chi connectivity index (χ2v) is 6.05. The molecular formula is C18H27N3O2. The van der Waals surface area contributed by atoms with Gasteiger partial charge in [-0.05, 0) is 25.3 Å². The molecule has 3 N–H and O–H groups in total. The lowest BCUT2D eigenvalue weighted by Gasteiger charge is -2.33. The zero-order valence-corrected chi connectivity index (χ0v) is 13.8. The highest BCUT2D eigenvalue weighted by Gasteiger charge is 2.21. The molecule has 1 aromatic carbocycles. The van der Waals surface area contributed by atoms with Crippen LogP contribution in [0.3, 0.4) is 0 Å². The van der Waals surface area contributed by atoms with Crippen molar-refractivity contribution in [1.29, 1.82) is 0 Å². The minimum atomic E-state index is 0.0479. The van der Waals surface area contributed by atoms with Crippen molar-refractivity contribution in [3.05, 3.63) is 42.0 Å². The summed E-state index contributed by atoms with van der Waals surface area (Å²) in [7, 11) is 0. The van der Waals surface area contributed by atoms with Crippen LogP contribution in [0.5, 0.6) is 0 Å². The smallest absolute Gasteiger partial charge is 0.234 e. The van der Waals surface area contributed by atoms with Gasteiger partial charge in [0, 0.05) is 36.9 Å². The summed E-state index contributed by atoms with van der Waals surface area (Å²) in [5.41, 5.74) is 3.15. The highest BCUT2D eigenvalue weighted by Crippen LogP contribution is 2.24. The van der Waals surface area contributed by atoms with E-state index in [0.717, 1.165) is 42.7 Å². The van der Waals surface area contributed by atoms with E-state index in [4.69, 9.17) is 0 Å². The van der Waals surface area contributed by atoms with Crippen LogP contribution in [0.4, 0.5) is 5.69 Å². The summed E-state index contributed by atoms with van der Waals surface area (Å²) in [6.07, 6.45) is 3.68. The molecule has 0 spiro atoms. The lowest BCUT2D eigenvalue weighted by molar-refractivity contribution is -0.122. The molecule has 0 bridgehead atoms. The van der Waals surface area contributed by atoms with Gasteiger partial charge in [-0.1, -0.05) is 24.3 Å². The zero-order chi connectivity index (χ0) is 16.7. The molecule has 1 aromatic rings. The van der Waals surface area contributed by atoms with Gasteiger partial charge in [0.05, 0.1) is 13.2 Å². The SMILES string of the molecule is C=CCNC(=O)CN1CCC(Nc2c(C)cccc2CO)CC1. The fraction of sp³-hybridized carbons (Fsp3) is 0.500. The predicted octanol–water partition coefficient (Wildman–Crippen LogP) is 1.67. The first-order valence-corrected chi connectivity index (χ1v) is 8.20. The Morgan fingerprint density at radius 2 is 2.17 bits per heavy atom. The molecule has 5 nitrogen and oxygen atoms in total. The van der Waals surface area contributed by atoms with E-state index in [-0.39, 0.29) is 12.5 Å². The van der Waals surface area contributed by atoms with Crippen LogP contribution in [0.1, 0.15) is 24.0 Å². The summed E-state index contributed by atoms with van der Waals surface area (Å²) < 4.78 is 0. The van der Waals surface area contributed by atoms with Crippen molar-refractivity contribution in [3.63, 3.8) is 0 Å². The fourth-order valence-electron chi connectivity index (χ4n) is 2.95. The number of benzene rings is 1. The molecule has 1 fully saturated rings. The van der Waals surface area contributed by atoms with Gasteiger partial charge < -0.3 is 15.7 Å². The molecule has 0 radical (unpaired) electrons. The average Bonchev–Trinajstić information content (AvgIpc) is 2.56. The molecule has 23 heavy (non-hydrogen) atoms. The fourth-order valence-corrected chi connectivity index (χ4v) is 2.95. The first kappa shape index (κ1) is 17.5. The standard InChI is InChI=1S/C18H27N3O2/c1-3-9-19-17(23)12-21-10-7-16(8-11-21)20-18-14(2)5-4-6-15(18)13-22/h3-6,16,20,22H,1,7-13H2,2H3,(H,19,23). The number of rotatable bonds is 7. The summed E-state index contributed by atoms with van der Waals surface area (Å²) in [6.45, 7) is 8.48. The highest BCUT2D eigenvalue weighted by atomic mass is 16.3. The topological polar surface area (TPSA) is 64.6 Å².